The highest BCUT2D eigenvalue weighted by Gasteiger charge is 2.09. The molecule has 0 fully saturated rings. The van der Waals surface area contributed by atoms with E-state index >= 15 is 0 Å². The first kappa shape index (κ1) is 11.5. The third-order valence-electron chi connectivity index (χ3n) is 2.34. The van der Waals surface area contributed by atoms with Gasteiger partial charge in [-0.1, -0.05) is 33.3 Å². The van der Waals surface area contributed by atoms with Crippen LogP contribution in [-0.2, 0) is 0 Å². The largest absolute Gasteiger partial charge is 0.386 e. The quantitative estimate of drug-likeness (QED) is 0.643. The minimum absolute atomic E-state index is 0.564. The summed E-state index contributed by atoms with van der Waals surface area (Å²) >= 11 is 0. The van der Waals surface area contributed by atoms with Crippen LogP contribution >= 0.6 is 0 Å². The summed E-state index contributed by atoms with van der Waals surface area (Å²) < 4.78 is 0. The number of unbranched alkanes of at least 4 members (excludes halogenated alkanes) is 1. The zero-order valence-electron chi connectivity index (χ0n) is 8.98. The Labute approximate surface area is 77.2 Å². The Bertz CT molecular complexity index is 129. The fraction of sp³-hybridized carbons (Fsp3) is 0.818. The monoisotopic (exact) mass is 169 g/mol. The lowest BCUT2D eigenvalue weighted by atomic mass is 9.97. The van der Waals surface area contributed by atoms with Crippen molar-refractivity contribution in [3.63, 3.8) is 0 Å². The normalized spacial score (nSPS) is 15.3. The smallest absolute Gasteiger partial charge is 0.0255 e. The highest BCUT2D eigenvalue weighted by molar-refractivity contribution is 4.88. The van der Waals surface area contributed by atoms with E-state index in [1.165, 1.54) is 19.3 Å². The molecule has 1 N–H and O–H groups in total. The summed E-state index contributed by atoms with van der Waals surface area (Å²) in [4.78, 5) is 0. The second-order valence-corrected chi connectivity index (χ2v) is 3.83. The van der Waals surface area contributed by atoms with Crippen LogP contribution in [0.5, 0.6) is 0 Å². The van der Waals surface area contributed by atoms with E-state index in [1.807, 2.05) is 6.92 Å². The molecule has 72 valence electrons. The van der Waals surface area contributed by atoms with Crippen LogP contribution in [0.4, 0.5) is 0 Å². The fourth-order valence-corrected chi connectivity index (χ4v) is 1.31. The predicted molar refractivity (Wildman–Crippen MR) is 56.1 cm³/mol. The van der Waals surface area contributed by atoms with Gasteiger partial charge >= 0.3 is 0 Å². The maximum Gasteiger partial charge on any atom is 0.0255 e. The van der Waals surface area contributed by atoms with E-state index in [2.05, 4.69) is 32.7 Å². The SMILES string of the molecule is C=C(C)NC(C)C(C)CCCC. The molecule has 2 unspecified atom stereocenters. The van der Waals surface area contributed by atoms with Gasteiger partial charge in [-0.3, -0.25) is 0 Å². The van der Waals surface area contributed by atoms with Crippen molar-refractivity contribution in [1.29, 1.82) is 0 Å². The van der Waals surface area contributed by atoms with Gasteiger partial charge in [0.25, 0.3) is 0 Å². The summed E-state index contributed by atoms with van der Waals surface area (Å²) in [7, 11) is 0. The van der Waals surface area contributed by atoms with Crippen molar-refractivity contribution in [3.05, 3.63) is 12.3 Å². The maximum atomic E-state index is 3.85. The van der Waals surface area contributed by atoms with Crippen molar-refractivity contribution in [2.24, 2.45) is 5.92 Å². The molecule has 0 aliphatic carbocycles. The van der Waals surface area contributed by atoms with E-state index in [1.54, 1.807) is 0 Å². The molecule has 2 atom stereocenters. The van der Waals surface area contributed by atoms with E-state index in [9.17, 15) is 0 Å². The first-order valence-electron chi connectivity index (χ1n) is 5.00. The second kappa shape index (κ2) is 6.10. The number of hydrogen-bond acceptors (Lipinski definition) is 1. The molecule has 1 nitrogen and oxygen atoms in total. The van der Waals surface area contributed by atoms with E-state index in [4.69, 9.17) is 0 Å². The molecule has 0 spiro atoms. The summed E-state index contributed by atoms with van der Waals surface area (Å²) in [5.41, 5.74) is 1.07. The highest BCUT2D eigenvalue weighted by Crippen LogP contribution is 2.12. The number of hydrogen-bond donors (Lipinski definition) is 1. The summed E-state index contributed by atoms with van der Waals surface area (Å²) in [6, 6.07) is 0.564. The topological polar surface area (TPSA) is 12.0 Å². The van der Waals surface area contributed by atoms with Crippen molar-refractivity contribution >= 4 is 0 Å². The molecule has 0 aromatic rings. The molecular weight excluding hydrogens is 146 g/mol. The lowest BCUT2D eigenvalue weighted by molar-refractivity contribution is 0.393. The van der Waals surface area contributed by atoms with Crippen LogP contribution in [0.3, 0.4) is 0 Å². The van der Waals surface area contributed by atoms with Crippen molar-refractivity contribution in [2.45, 2.75) is 53.0 Å². The third kappa shape index (κ3) is 5.22. The Hall–Kier alpha value is -0.460. The molecule has 0 aromatic heterocycles. The molecule has 0 heterocycles. The van der Waals surface area contributed by atoms with Gasteiger partial charge in [0.15, 0.2) is 0 Å². The van der Waals surface area contributed by atoms with Crippen LogP contribution in [0.2, 0.25) is 0 Å². The van der Waals surface area contributed by atoms with Gasteiger partial charge in [-0.15, -0.1) is 0 Å². The van der Waals surface area contributed by atoms with Crippen LogP contribution < -0.4 is 5.32 Å². The van der Waals surface area contributed by atoms with Gasteiger partial charge in [-0.25, -0.2) is 0 Å². The molecule has 0 amide bonds. The molecular formula is C11H23N. The summed E-state index contributed by atoms with van der Waals surface area (Å²) in [5.74, 6) is 0.752. The lowest BCUT2D eigenvalue weighted by Crippen LogP contribution is -2.30. The molecule has 1 heteroatoms. The Morgan fingerprint density at radius 2 is 2.00 bits per heavy atom. The van der Waals surface area contributed by atoms with Gasteiger partial charge in [-0.2, -0.15) is 0 Å². The van der Waals surface area contributed by atoms with Gasteiger partial charge in [0.2, 0.25) is 0 Å². The molecule has 0 rings (SSSR count). The molecule has 0 aliphatic heterocycles. The Morgan fingerprint density at radius 3 is 2.42 bits per heavy atom. The Kier molecular flexibility index (Phi) is 5.87. The Morgan fingerprint density at radius 1 is 1.42 bits per heavy atom. The van der Waals surface area contributed by atoms with E-state index in [0.29, 0.717) is 6.04 Å². The van der Waals surface area contributed by atoms with Gasteiger partial charge in [0, 0.05) is 11.7 Å². The number of allylic oxidation sites excluding steroid dienone is 1. The minimum Gasteiger partial charge on any atom is -0.386 e. The minimum atomic E-state index is 0.564. The standard InChI is InChI=1S/C11H23N/c1-6-7-8-10(4)11(5)12-9(2)3/h10-12H,2,6-8H2,1,3-5H3. The first-order valence-corrected chi connectivity index (χ1v) is 5.00. The van der Waals surface area contributed by atoms with Crippen LogP contribution in [-0.4, -0.2) is 6.04 Å². The van der Waals surface area contributed by atoms with Gasteiger partial charge < -0.3 is 5.32 Å². The van der Waals surface area contributed by atoms with Gasteiger partial charge in [0.05, 0.1) is 0 Å². The maximum absolute atomic E-state index is 3.85. The molecule has 12 heavy (non-hydrogen) atoms. The third-order valence-corrected chi connectivity index (χ3v) is 2.34. The molecule has 0 saturated heterocycles. The van der Waals surface area contributed by atoms with Crippen molar-refractivity contribution in [3.8, 4) is 0 Å². The molecule has 0 saturated carbocycles. The van der Waals surface area contributed by atoms with Gasteiger partial charge in [0.1, 0.15) is 0 Å². The second-order valence-electron chi connectivity index (χ2n) is 3.83. The number of nitrogens with one attached hydrogen (secondary N) is 1. The molecule has 0 aliphatic rings. The highest BCUT2D eigenvalue weighted by atomic mass is 14.9. The molecule has 0 aromatic carbocycles. The van der Waals surface area contributed by atoms with E-state index < -0.39 is 0 Å². The van der Waals surface area contributed by atoms with Crippen LogP contribution in [0.15, 0.2) is 12.3 Å². The molecule has 0 bridgehead atoms. The zero-order chi connectivity index (χ0) is 9.56. The zero-order valence-corrected chi connectivity index (χ0v) is 8.98. The van der Waals surface area contributed by atoms with Crippen LogP contribution in [0.1, 0.15) is 47.0 Å². The van der Waals surface area contributed by atoms with Crippen molar-refractivity contribution < 1.29 is 0 Å². The summed E-state index contributed by atoms with van der Waals surface area (Å²) in [6.07, 6.45) is 3.95. The molecule has 0 radical (unpaired) electrons. The van der Waals surface area contributed by atoms with Crippen LogP contribution in [0, 0.1) is 5.92 Å². The summed E-state index contributed by atoms with van der Waals surface area (Å²) in [5, 5.41) is 3.36. The Balaban J connectivity index is 3.60. The van der Waals surface area contributed by atoms with Gasteiger partial charge in [-0.05, 0) is 26.2 Å². The average Bonchev–Trinajstić information content (AvgIpc) is 1.98. The number of rotatable bonds is 6. The first-order chi connectivity index (χ1) is 5.57. The predicted octanol–water partition coefficient (Wildman–Crippen LogP) is 3.32. The van der Waals surface area contributed by atoms with Crippen molar-refractivity contribution in [1.82, 2.24) is 5.32 Å². The van der Waals surface area contributed by atoms with Crippen molar-refractivity contribution in [2.75, 3.05) is 0 Å². The van der Waals surface area contributed by atoms with E-state index in [0.717, 1.165) is 11.6 Å². The summed E-state index contributed by atoms with van der Waals surface area (Å²) in [6.45, 7) is 12.6. The van der Waals surface area contributed by atoms with E-state index in [-0.39, 0.29) is 0 Å². The van der Waals surface area contributed by atoms with Crippen LogP contribution in [0.25, 0.3) is 0 Å². The fourth-order valence-electron chi connectivity index (χ4n) is 1.31. The average molecular weight is 169 g/mol. The lowest BCUT2D eigenvalue weighted by Gasteiger charge is -2.22.